The van der Waals surface area contributed by atoms with Gasteiger partial charge < -0.3 is 4.74 Å². The van der Waals surface area contributed by atoms with Crippen LogP contribution in [-0.4, -0.2) is 28.4 Å². The third-order valence-electron chi connectivity index (χ3n) is 3.12. The van der Waals surface area contributed by atoms with Gasteiger partial charge in [-0.05, 0) is 45.7 Å². The lowest BCUT2D eigenvalue weighted by Crippen LogP contribution is -2.43. The maximum Gasteiger partial charge on any atom is 0.326 e. The Morgan fingerprint density at radius 1 is 1.50 bits per heavy atom. The van der Waals surface area contributed by atoms with E-state index in [0.29, 0.717) is 12.1 Å². The van der Waals surface area contributed by atoms with Crippen molar-refractivity contribution in [2.75, 3.05) is 0 Å². The average Bonchev–Trinajstić information content (AvgIpc) is 3.16. The molecular formula is C15H20N2O3. The molecule has 5 heteroatoms. The van der Waals surface area contributed by atoms with E-state index in [-0.39, 0.29) is 5.97 Å². The number of nitrogens with one attached hydrogen (secondary N) is 1. The summed E-state index contributed by atoms with van der Waals surface area (Å²) < 4.78 is 5.42. The standard InChI is InChI=1S/C15H20N2O3/c1-14(2,3)20-13(19)15(5-6-15)17-9-12-8-11(10-18)4-7-16-12/h4,7-8,10,17H,5-6,9H2,1-3H3. The largest absolute Gasteiger partial charge is 0.459 e. The lowest BCUT2D eigenvalue weighted by Gasteiger charge is -2.24. The van der Waals surface area contributed by atoms with Crippen LogP contribution < -0.4 is 5.32 Å². The number of pyridine rings is 1. The van der Waals surface area contributed by atoms with Gasteiger partial charge in [0.05, 0.1) is 5.69 Å². The van der Waals surface area contributed by atoms with Crippen molar-refractivity contribution in [3.05, 3.63) is 29.6 Å². The predicted molar refractivity (Wildman–Crippen MR) is 74.3 cm³/mol. The molecule has 0 spiro atoms. The summed E-state index contributed by atoms with van der Waals surface area (Å²) in [5.74, 6) is -0.212. The lowest BCUT2D eigenvalue weighted by atomic mass is 10.1. The first-order valence-corrected chi connectivity index (χ1v) is 6.73. The van der Waals surface area contributed by atoms with Gasteiger partial charge in [0.15, 0.2) is 0 Å². The van der Waals surface area contributed by atoms with Crippen molar-refractivity contribution in [3.8, 4) is 0 Å². The van der Waals surface area contributed by atoms with Crippen molar-refractivity contribution in [2.24, 2.45) is 0 Å². The summed E-state index contributed by atoms with van der Waals surface area (Å²) in [6.07, 6.45) is 3.92. The quantitative estimate of drug-likeness (QED) is 0.656. The van der Waals surface area contributed by atoms with Crippen LogP contribution >= 0.6 is 0 Å². The lowest BCUT2D eigenvalue weighted by molar-refractivity contribution is -0.158. The van der Waals surface area contributed by atoms with Gasteiger partial charge in [-0.3, -0.25) is 19.9 Å². The Kier molecular flexibility index (Phi) is 3.90. The highest BCUT2D eigenvalue weighted by atomic mass is 16.6. The monoisotopic (exact) mass is 276 g/mol. The SMILES string of the molecule is CC(C)(C)OC(=O)C1(NCc2cc(C=O)ccn2)CC1. The molecule has 2 rings (SSSR count). The average molecular weight is 276 g/mol. The summed E-state index contributed by atoms with van der Waals surface area (Å²) in [7, 11) is 0. The number of nitrogens with zero attached hydrogens (tertiary/aromatic N) is 1. The topological polar surface area (TPSA) is 68.3 Å². The van der Waals surface area contributed by atoms with Gasteiger partial charge in [0.2, 0.25) is 0 Å². The van der Waals surface area contributed by atoms with Crippen molar-refractivity contribution in [3.63, 3.8) is 0 Å². The molecule has 0 bridgehead atoms. The first-order valence-electron chi connectivity index (χ1n) is 6.73. The van der Waals surface area contributed by atoms with E-state index in [9.17, 15) is 9.59 Å². The van der Waals surface area contributed by atoms with E-state index in [1.807, 2.05) is 20.8 Å². The van der Waals surface area contributed by atoms with Crippen molar-refractivity contribution in [1.82, 2.24) is 10.3 Å². The van der Waals surface area contributed by atoms with Crippen molar-refractivity contribution in [1.29, 1.82) is 0 Å². The van der Waals surface area contributed by atoms with Crippen LogP contribution in [0.3, 0.4) is 0 Å². The second-order valence-electron chi connectivity index (χ2n) is 6.14. The zero-order valence-electron chi connectivity index (χ0n) is 12.1. The van der Waals surface area contributed by atoms with Crippen molar-refractivity contribution >= 4 is 12.3 Å². The Morgan fingerprint density at radius 2 is 2.20 bits per heavy atom. The summed E-state index contributed by atoms with van der Waals surface area (Å²) in [6, 6.07) is 3.36. The zero-order chi connectivity index (χ0) is 14.8. The van der Waals surface area contributed by atoms with E-state index in [1.165, 1.54) is 0 Å². The van der Waals surface area contributed by atoms with Gasteiger partial charge in [0.25, 0.3) is 0 Å². The van der Waals surface area contributed by atoms with Crippen LogP contribution in [0.15, 0.2) is 18.3 Å². The second kappa shape index (κ2) is 5.32. The molecule has 1 N–H and O–H groups in total. The Hall–Kier alpha value is -1.75. The van der Waals surface area contributed by atoms with E-state index in [4.69, 9.17) is 4.74 Å². The summed E-state index contributed by atoms with van der Waals surface area (Å²) in [5.41, 5.74) is 0.263. The minimum Gasteiger partial charge on any atom is -0.459 e. The number of carbonyl (C=O) groups excluding carboxylic acids is 2. The van der Waals surface area contributed by atoms with E-state index in [2.05, 4.69) is 10.3 Å². The third-order valence-corrected chi connectivity index (χ3v) is 3.12. The van der Waals surface area contributed by atoms with Crippen LogP contribution in [-0.2, 0) is 16.1 Å². The molecule has 0 amide bonds. The molecule has 0 atom stereocenters. The maximum atomic E-state index is 12.1. The highest BCUT2D eigenvalue weighted by Crippen LogP contribution is 2.38. The number of hydrogen-bond acceptors (Lipinski definition) is 5. The molecule has 1 fully saturated rings. The minimum atomic E-state index is -0.577. The number of hydrogen-bond donors (Lipinski definition) is 1. The van der Waals surface area contributed by atoms with Crippen LogP contribution in [0.25, 0.3) is 0 Å². The Labute approximate surface area is 118 Å². The van der Waals surface area contributed by atoms with Gasteiger partial charge in [-0.2, -0.15) is 0 Å². The van der Waals surface area contributed by atoms with Crippen molar-refractivity contribution < 1.29 is 14.3 Å². The zero-order valence-corrected chi connectivity index (χ0v) is 12.1. The fourth-order valence-corrected chi connectivity index (χ4v) is 1.88. The number of carbonyl (C=O) groups is 2. The van der Waals surface area contributed by atoms with Crippen LogP contribution in [0, 0.1) is 0 Å². The van der Waals surface area contributed by atoms with Gasteiger partial charge in [-0.1, -0.05) is 0 Å². The van der Waals surface area contributed by atoms with E-state index < -0.39 is 11.1 Å². The second-order valence-corrected chi connectivity index (χ2v) is 6.14. The molecule has 0 unspecified atom stereocenters. The minimum absolute atomic E-state index is 0.212. The third kappa shape index (κ3) is 3.63. The highest BCUT2D eigenvalue weighted by molar-refractivity contribution is 5.84. The van der Waals surface area contributed by atoms with Gasteiger partial charge in [0, 0.05) is 18.3 Å². The Morgan fingerprint density at radius 3 is 2.75 bits per heavy atom. The smallest absolute Gasteiger partial charge is 0.326 e. The number of rotatable bonds is 5. The van der Waals surface area contributed by atoms with Gasteiger partial charge in [0.1, 0.15) is 17.4 Å². The summed E-state index contributed by atoms with van der Waals surface area (Å²) in [5, 5.41) is 3.21. The Bertz CT molecular complexity index is 516. The summed E-state index contributed by atoms with van der Waals surface area (Å²) >= 11 is 0. The Balaban J connectivity index is 1.96. The molecule has 1 aromatic heterocycles. The highest BCUT2D eigenvalue weighted by Gasteiger charge is 2.52. The van der Waals surface area contributed by atoms with Crippen LogP contribution in [0.1, 0.15) is 49.7 Å². The molecule has 20 heavy (non-hydrogen) atoms. The molecule has 1 saturated carbocycles. The van der Waals surface area contributed by atoms with Gasteiger partial charge in [-0.25, -0.2) is 0 Å². The number of esters is 1. The number of aromatic nitrogens is 1. The molecule has 0 saturated heterocycles. The van der Waals surface area contributed by atoms with Gasteiger partial charge >= 0.3 is 5.97 Å². The maximum absolute atomic E-state index is 12.1. The molecular weight excluding hydrogens is 256 g/mol. The predicted octanol–water partition coefficient (Wildman–Crippen LogP) is 1.86. The molecule has 1 aliphatic rings. The molecule has 1 aromatic rings. The molecule has 1 heterocycles. The van der Waals surface area contributed by atoms with E-state index in [1.54, 1.807) is 18.3 Å². The first-order chi connectivity index (χ1) is 9.35. The van der Waals surface area contributed by atoms with Crippen LogP contribution in [0.4, 0.5) is 0 Å². The molecule has 0 radical (unpaired) electrons. The molecule has 0 aromatic carbocycles. The molecule has 5 nitrogen and oxygen atoms in total. The van der Waals surface area contributed by atoms with Crippen LogP contribution in [0.2, 0.25) is 0 Å². The number of ether oxygens (including phenoxy) is 1. The fraction of sp³-hybridized carbons (Fsp3) is 0.533. The fourth-order valence-electron chi connectivity index (χ4n) is 1.88. The van der Waals surface area contributed by atoms with E-state index >= 15 is 0 Å². The molecule has 1 aliphatic carbocycles. The molecule has 108 valence electrons. The normalized spacial score (nSPS) is 16.6. The van der Waals surface area contributed by atoms with E-state index in [0.717, 1.165) is 24.8 Å². The number of aldehydes is 1. The summed E-state index contributed by atoms with van der Waals surface area (Å²) in [4.78, 5) is 27.0. The first kappa shape index (κ1) is 14.7. The van der Waals surface area contributed by atoms with Gasteiger partial charge in [-0.15, -0.1) is 0 Å². The molecule has 0 aliphatic heterocycles. The van der Waals surface area contributed by atoms with Crippen molar-refractivity contribution in [2.45, 2.75) is 51.3 Å². The van der Waals surface area contributed by atoms with Crippen LogP contribution in [0.5, 0.6) is 0 Å². The summed E-state index contributed by atoms with van der Waals surface area (Å²) in [6.45, 7) is 6.02.